The minimum atomic E-state index is -2.65. The van der Waals surface area contributed by atoms with Crippen molar-refractivity contribution in [1.82, 2.24) is 0 Å². The van der Waals surface area contributed by atoms with Crippen molar-refractivity contribution in [3.63, 3.8) is 0 Å². The van der Waals surface area contributed by atoms with E-state index in [4.69, 9.17) is 21.2 Å². The van der Waals surface area contributed by atoms with E-state index >= 15 is 0 Å². The van der Waals surface area contributed by atoms with Gasteiger partial charge in [-0.1, -0.05) is 0 Å². The van der Waals surface area contributed by atoms with Gasteiger partial charge >= 0.3 is 115 Å². The molecule has 0 heterocycles. The van der Waals surface area contributed by atoms with Gasteiger partial charge in [0.2, 0.25) is 0 Å². The van der Waals surface area contributed by atoms with E-state index in [0.717, 1.165) is 10.0 Å². The van der Waals surface area contributed by atoms with Gasteiger partial charge in [0.05, 0.1) is 0 Å². The molecule has 0 fully saturated rings. The Labute approximate surface area is 115 Å². The molecule has 0 spiro atoms. The summed E-state index contributed by atoms with van der Waals surface area (Å²) < 4.78 is 0. The third-order valence-corrected chi connectivity index (χ3v) is 13.5. The molecule has 0 amide bonds. The molecule has 0 N–H and O–H groups in total. The van der Waals surface area contributed by atoms with Crippen LogP contribution in [-0.2, 0) is 22.4 Å². The minimum absolute atomic E-state index is 1.07. The topological polar surface area (TPSA) is 0 Å². The molecule has 0 saturated carbocycles. The molecule has 0 aromatic heterocycles. The van der Waals surface area contributed by atoms with E-state index in [9.17, 15) is 0 Å². The van der Waals surface area contributed by atoms with Crippen LogP contribution in [0.2, 0.25) is 0 Å². The van der Waals surface area contributed by atoms with Crippen LogP contribution in [0.15, 0.2) is 60.7 Å². The van der Waals surface area contributed by atoms with Crippen LogP contribution in [-0.4, -0.2) is 0 Å². The van der Waals surface area contributed by atoms with Crippen molar-refractivity contribution in [1.29, 1.82) is 0 Å². The Hall–Kier alpha value is -0.237. The van der Waals surface area contributed by atoms with Crippen molar-refractivity contribution in [3.05, 3.63) is 71.8 Å². The van der Waals surface area contributed by atoms with Gasteiger partial charge in [0, 0.05) is 0 Å². The first-order valence-electron chi connectivity index (χ1n) is 6.16. The fourth-order valence-electron chi connectivity index (χ4n) is 2.30. The maximum atomic E-state index is 4.89. The molecular weight excluding hydrogens is 298 g/mol. The molecule has 2 aromatic rings. The summed E-state index contributed by atoms with van der Waals surface area (Å²) in [7, 11) is 9.78. The van der Waals surface area contributed by atoms with Gasteiger partial charge in [0.15, 0.2) is 0 Å². The first-order chi connectivity index (χ1) is 8.16. The summed E-state index contributed by atoms with van der Waals surface area (Å²) in [5.74, 6) is 0. The van der Waals surface area contributed by atoms with Crippen molar-refractivity contribution in [3.8, 4) is 0 Å². The standard InChI is InChI=1S/2C7H7.2H2S.Zn/c2*1-7-5-3-2-4-6-7;;;/h2*2-6H,1H2;2*1H2;/q;;;;+2/p-2. The molecule has 0 saturated heterocycles. The molecule has 0 aliphatic heterocycles. The van der Waals surface area contributed by atoms with E-state index in [1.54, 1.807) is 0 Å². The zero-order valence-corrected chi connectivity index (χ0v) is 14.5. The second-order valence-corrected chi connectivity index (χ2v) is 28.0. The molecule has 0 aliphatic carbocycles. The Balaban J connectivity index is 2.04. The van der Waals surface area contributed by atoms with E-state index < -0.39 is 12.3 Å². The Morgan fingerprint density at radius 3 is 1.35 bits per heavy atom. The summed E-state index contributed by atoms with van der Waals surface area (Å²) in [4.78, 5) is 0. The molecular formula is C14H16S2Zn. The number of hydrogen-bond donors (Lipinski definition) is 2. The maximum absolute atomic E-state index is 4.89. The summed E-state index contributed by atoms with van der Waals surface area (Å²) in [5.41, 5.74) is 2.74. The Morgan fingerprint density at radius 1 is 0.647 bits per heavy atom. The van der Waals surface area contributed by atoms with Crippen molar-refractivity contribution in [2.24, 2.45) is 0 Å². The van der Waals surface area contributed by atoms with Crippen LogP contribution in [0.3, 0.4) is 0 Å². The Morgan fingerprint density at radius 2 is 1.00 bits per heavy atom. The van der Waals surface area contributed by atoms with Gasteiger partial charge in [0.25, 0.3) is 0 Å². The van der Waals surface area contributed by atoms with Crippen molar-refractivity contribution in [2.75, 3.05) is 0 Å². The summed E-state index contributed by atoms with van der Waals surface area (Å²) in [6.45, 7) is 0. The van der Waals surface area contributed by atoms with Gasteiger partial charge in [0.1, 0.15) is 0 Å². The predicted octanol–water partition coefficient (Wildman–Crippen LogP) is 4.23. The fraction of sp³-hybridized carbons (Fsp3) is 0.143. The molecule has 0 bridgehead atoms. The molecule has 0 radical (unpaired) electrons. The van der Waals surface area contributed by atoms with Crippen LogP contribution in [0.4, 0.5) is 0 Å². The Kier molecular flexibility index (Phi) is 4.72. The van der Waals surface area contributed by atoms with Crippen LogP contribution >= 0.6 is 21.2 Å². The van der Waals surface area contributed by atoms with Crippen LogP contribution in [0.1, 0.15) is 11.1 Å². The average molecular weight is 314 g/mol. The van der Waals surface area contributed by atoms with E-state index in [0.29, 0.717) is 0 Å². The SMILES string of the molecule is [SH][Zn]([SH])([CH2]c1ccccc1)[CH2]c1ccccc1. The van der Waals surface area contributed by atoms with Gasteiger partial charge in [-0.25, -0.2) is 0 Å². The van der Waals surface area contributed by atoms with Gasteiger partial charge in [-0.2, -0.15) is 0 Å². The second kappa shape index (κ2) is 6.08. The van der Waals surface area contributed by atoms with E-state index in [1.165, 1.54) is 11.1 Å². The number of thiol groups is 2. The molecule has 86 valence electrons. The summed E-state index contributed by atoms with van der Waals surface area (Å²) in [5, 5.41) is 2.15. The predicted molar refractivity (Wildman–Crippen MR) is 78.3 cm³/mol. The molecule has 3 heteroatoms. The first kappa shape index (κ1) is 13.2. The molecule has 0 nitrogen and oxygen atoms in total. The third-order valence-electron chi connectivity index (χ3n) is 3.06. The monoisotopic (exact) mass is 312 g/mol. The summed E-state index contributed by atoms with van der Waals surface area (Å²) in [6, 6.07) is 21.1. The normalized spacial score (nSPS) is 10.5. The van der Waals surface area contributed by atoms with Crippen LogP contribution in [0.25, 0.3) is 0 Å². The van der Waals surface area contributed by atoms with Gasteiger partial charge in [-0.3, -0.25) is 0 Å². The van der Waals surface area contributed by atoms with Crippen LogP contribution in [0, 0.1) is 0 Å². The zero-order chi connectivity index (χ0) is 12.1. The summed E-state index contributed by atoms with van der Waals surface area (Å²) in [6.07, 6.45) is 0. The number of benzene rings is 2. The van der Waals surface area contributed by atoms with Gasteiger partial charge in [-0.15, -0.1) is 0 Å². The molecule has 2 aromatic carbocycles. The Bertz CT molecular complexity index is 411. The quantitative estimate of drug-likeness (QED) is 0.612. The second-order valence-electron chi connectivity index (χ2n) is 4.86. The average Bonchev–Trinajstić information content (AvgIpc) is 2.30. The summed E-state index contributed by atoms with van der Waals surface area (Å²) >= 11 is -2.65. The molecule has 2 rings (SSSR count). The van der Waals surface area contributed by atoms with Crippen LogP contribution in [0.5, 0.6) is 0 Å². The molecule has 0 atom stereocenters. The van der Waals surface area contributed by atoms with E-state index in [1.807, 2.05) is 0 Å². The van der Waals surface area contributed by atoms with E-state index in [2.05, 4.69) is 60.7 Å². The fourth-order valence-corrected chi connectivity index (χ4v) is 13.3. The van der Waals surface area contributed by atoms with Crippen molar-refractivity contribution >= 4 is 21.2 Å². The molecule has 0 unspecified atom stereocenters. The zero-order valence-electron chi connectivity index (χ0n) is 9.79. The van der Waals surface area contributed by atoms with Crippen molar-refractivity contribution in [2.45, 2.75) is 10.0 Å². The van der Waals surface area contributed by atoms with Gasteiger partial charge < -0.3 is 0 Å². The number of hydrogen-bond acceptors (Lipinski definition) is 2. The van der Waals surface area contributed by atoms with Crippen molar-refractivity contribution < 1.29 is 12.3 Å². The molecule has 0 aliphatic rings. The van der Waals surface area contributed by atoms with E-state index in [-0.39, 0.29) is 0 Å². The van der Waals surface area contributed by atoms with Crippen LogP contribution < -0.4 is 0 Å². The van der Waals surface area contributed by atoms with Gasteiger partial charge in [-0.05, 0) is 0 Å². The third kappa shape index (κ3) is 4.50. The molecule has 17 heavy (non-hydrogen) atoms. The first-order valence-corrected chi connectivity index (χ1v) is 19.6. The number of rotatable bonds is 4.